The second kappa shape index (κ2) is 8.19. The van der Waals surface area contributed by atoms with Crippen molar-refractivity contribution in [3.05, 3.63) is 29.8 Å². The van der Waals surface area contributed by atoms with Crippen molar-refractivity contribution in [2.75, 3.05) is 50.8 Å². The second-order valence-corrected chi connectivity index (χ2v) is 7.58. The van der Waals surface area contributed by atoms with Crippen molar-refractivity contribution in [1.29, 1.82) is 0 Å². The molecule has 1 N–H and O–H groups in total. The molecule has 2 saturated heterocycles. The largest absolute Gasteiger partial charge is 0.396 e. The number of aliphatic hydroxyl groups excluding tert-OH is 1. The molecule has 2 fully saturated rings. The molecule has 0 saturated carbocycles. The number of piperazine rings is 1. The molecule has 2 heterocycles. The first-order valence-corrected chi connectivity index (χ1v) is 9.57. The Kier molecular flexibility index (Phi) is 5.97. The first-order chi connectivity index (χ1) is 12.1. The molecular weight excluding hydrogens is 314 g/mol. The van der Waals surface area contributed by atoms with Crippen molar-refractivity contribution in [3.63, 3.8) is 0 Å². The molecule has 0 radical (unpaired) electrons. The van der Waals surface area contributed by atoms with E-state index in [0.717, 1.165) is 57.7 Å². The maximum Gasteiger partial charge on any atom is 0.253 e. The minimum absolute atomic E-state index is 0.118. The van der Waals surface area contributed by atoms with E-state index in [0.29, 0.717) is 12.0 Å². The lowest BCUT2D eigenvalue weighted by Crippen LogP contribution is -2.48. The van der Waals surface area contributed by atoms with Gasteiger partial charge < -0.3 is 14.9 Å². The number of anilines is 1. The van der Waals surface area contributed by atoms with Crippen molar-refractivity contribution in [2.24, 2.45) is 5.92 Å². The molecule has 2 aliphatic heterocycles. The van der Waals surface area contributed by atoms with E-state index in [1.54, 1.807) is 0 Å². The zero-order chi connectivity index (χ0) is 17.8. The maximum absolute atomic E-state index is 12.6. The monoisotopic (exact) mass is 345 g/mol. The number of carbonyl (C=O) groups is 1. The highest BCUT2D eigenvalue weighted by atomic mass is 16.3. The minimum atomic E-state index is 0.118. The fourth-order valence-corrected chi connectivity index (χ4v) is 3.81. The van der Waals surface area contributed by atoms with E-state index >= 15 is 0 Å². The first-order valence-electron chi connectivity index (χ1n) is 9.57. The normalized spacial score (nSPS) is 20.3. The predicted molar refractivity (Wildman–Crippen MR) is 101 cm³/mol. The summed E-state index contributed by atoms with van der Waals surface area (Å²) in [6.07, 6.45) is 1.81. The Balaban J connectivity index is 1.56. The number of piperidine rings is 1. The molecule has 1 aromatic rings. The van der Waals surface area contributed by atoms with Crippen LogP contribution < -0.4 is 4.90 Å². The van der Waals surface area contributed by atoms with Gasteiger partial charge in [0, 0.05) is 63.2 Å². The van der Waals surface area contributed by atoms with Crippen LogP contribution in [0.15, 0.2) is 24.3 Å². The summed E-state index contributed by atoms with van der Waals surface area (Å²) in [6, 6.07) is 8.70. The second-order valence-electron chi connectivity index (χ2n) is 7.58. The van der Waals surface area contributed by atoms with Crippen molar-refractivity contribution in [1.82, 2.24) is 9.80 Å². The van der Waals surface area contributed by atoms with Gasteiger partial charge in [0.2, 0.25) is 0 Å². The van der Waals surface area contributed by atoms with E-state index in [1.807, 2.05) is 17.0 Å². The molecule has 5 heteroatoms. The predicted octanol–water partition coefficient (Wildman–Crippen LogP) is 2.06. The Morgan fingerprint density at radius 1 is 1.04 bits per heavy atom. The molecule has 1 amide bonds. The third-order valence-electron chi connectivity index (χ3n) is 5.68. The average molecular weight is 345 g/mol. The third kappa shape index (κ3) is 4.33. The Morgan fingerprint density at radius 3 is 2.16 bits per heavy atom. The number of amides is 1. The molecule has 0 unspecified atom stereocenters. The number of hydrogen-bond donors (Lipinski definition) is 1. The van der Waals surface area contributed by atoms with E-state index in [9.17, 15) is 9.90 Å². The number of carbonyl (C=O) groups excluding carboxylic acids is 1. The quantitative estimate of drug-likeness (QED) is 0.907. The summed E-state index contributed by atoms with van der Waals surface area (Å²) in [4.78, 5) is 19.5. The summed E-state index contributed by atoms with van der Waals surface area (Å²) in [5.41, 5.74) is 1.98. The van der Waals surface area contributed by atoms with Gasteiger partial charge in [-0.1, -0.05) is 0 Å². The van der Waals surface area contributed by atoms with E-state index in [1.165, 1.54) is 5.69 Å². The zero-order valence-corrected chi connectivity index (χ0v) is 15.5. The highest BCUT2D eigenvalue weighted by Crippen LogP contribution is 2.21. The lowest BCUT2D eigenvalue weighted by Gasteiger charge is -2.38. The van der Waals surface area contributed by atoms with Crippen molar-refractivity contribution >= 4 is 11.6 Å². The fourth-order valence-electron chi connectivity index (χ4n) is 3.81. The summed E-state index contributed by atoms with van der Waals surface area (Å²) in [5.74, 6) is 0.475. The SMILES string of the molecule is CC(C)N1CCN(c2ccc(C(=O)N3CCC(CO)CC3)cc2)CC1. The minimum Gasteiger partial charge on any atom is -0.396 e. The van der Waals surface area contributed by atoms with Crippen LogP contribution in [0.3, 0.4) is 0 Å². The molecule has 0 spiro atoms. The standard InChI is InChI=1S/C20H31N3O2/c1-16(2)21-11-13-22(14-12-21)19-5-3-18(4-6-19)20(25)23-9-7-17(15-24)8-10-23/h3-6,16-17,24H,7-15H2,1-2H3. The van der Waals surface area contributed by atoms with Crippen LogP contribution in [0.25, 0.3) is 0 Å². The van der Waals surface area contributed by atoms with Gasteiger partial charge >= 0.3 is 0 Å². The van der Waals surface area contributed by atoms with Crippen LogP contribution in [0.5, 0.6) is 0 Å². The van der Waals surface area contributed by atoms with Gasteiger partial charge in [-0.05, 0) is 56.9 Å². The fraction of sp³-hybridized carbons (Fsp3) is 0.650. The van der Waals surface area contributed by atoms with Crippen molar-refractivity contribution < 1.29 is 9.90 Å². The third-order valence-corrected chi connectivity index (χ3v) is 5.68. The van der Waals surface area contributed by atoms with Gasteiger partial charge in [-0.3, -0.25) is 9.69 Å². The van der Waals surface area contributed by atoms with Gasteiger partial charge in [0.15, 0.2) is 0 Å². The Labute approximate surface area is 151 Å². The highest BCUT2D eigenvalue weighted by molar-refractivity contribution is 5.94. The number of aliphatic hydroxyl groups is 1. The topological polar surface area (TPSA) is 47.0 Å². The molecule has 3 rings (SSSR count). The zero-order valence-electron chi connectivity index (χ0n) is 15.5. The first kappa shape index (κ1) is 18.2. The molecule has 138 valence electrons. The van der Waals surface area contributed by atoms with Gasteiger partial charge in [0.05, 0.1) is 0 Å². The molecule has 2 aliphatic rings. The van der Waals surface area contributed by atoms with Crippen molar-refractivity contribution in [3.8, 4) is 0 Å². The smallest absolute Gasteiger partial charge is 0.253 e. The van der Waals surface area contributed by atoms with Crippen LogP contribution in [0.2, 0.25) is 0 Å². The van der Waals surface area contributed by atoms with Crippen LogP contribution in [0.4, 0.5) is 5.69 Å². The molecule has 0 aromatic heterocycles. The molecule has 0 bridgehead atoms. The van der Waals surface area contributed by atoms with Crippen LogP contribution >= 0.6 is 0 Å². The lowest BCUT2D eigenvalue weighted by molar-refractivity contribution is 0.0651. The van der Waals surface area contributed by atoms with Crippen LogP contribution in [0.1, 0.15) is 37.0 Å². The molecule has 1 aromatic carbocycles. The van der Waals surface area contributed by atoms with Crippen LogP contribution in [-0.4, -0.2) is 72.7 Å². The Morgan fingerprint density at radius 2 is 1.64 bits per heavy atom. The summed E-state index contributed by atoms with van der Waals surface area (Å²) >= 11 is 0. The van der Waals surface area contributed by atoms with E-state index < -0.39 is 0 Å². The van der Waals surface area contributed by atoms with Gasteiger partial charge in [-0.25, -0.2) is 0 Å². The average Bonchev–Trinajstić information content (AvgIpc) is 2.67. The molecular formula is C20H31N3O2. The van der Waals surface area contributed by atoms with Crippen LogP contribution in [-0.2, 0) is 0 Å². The van der Waals surface area contributed by atoms with Gasteiger partial charge in [0.25, 0.3) is 5.91 Å². The molecule has 25 heavy (non-hydrogen) atoms. The van der Waals surface area contributed by atoms with Gasteiger partial charge in [0.1, 0.15) is 0 Å². The Hall–Kier alpha value is -1.59. The molecule has 0 aliphatic carbocycles. The van der Waals surface area contributed by atoms with E-state index in [2.05, 4.69) is 35.8 Å². The highest BCUT2D eigenvalue weighted by Gasteiger charge is 2.24. The Bertz CT molecular complexity index is 557. The number of nitrogens with zero attached hydrogens (tertiary/aromatic N) is 3. The molecule has 5 nitrogen and oxygen atoms in total. The summed E-state index contributed by atoms with van der Waals surface area (Å²) in [7, 11) is 0. The number of rotatable bonds is 4. The van der Waals surface area contributed by atoms with Gasteiger partial charge in [-0.2, -0.15) is 0 Å². The van der Waals surface area contributed by atoms with Gasteiger partial charge in [-0.15, -0.1) is 0 Å². The summed E-state index contributed by atoms with van der Waals surface area (Å²) in [6.45, 7) is 10.5. The van der Waals surface area contributed by atoms with E-state index in [-0.39, 0.29) is 12.5 Å². The maximum atomic E-state index is 12.6. The van der Waals surface area contributed by atoms with Crippen molar-refractivity contribution in [2.45, 2.75) is 32.7 Å². The van der Waals surface area contributed by atoms with E-state index in [4.69, 9.17) is 0 Å². The summed E-state index contributed by atoms with van der Waals surface area (Å²) < 4.78 is 0. The number of hydrogen-bond acceptors (Lipinski definition) is 4. The van der Waals surface area contributed by atoms with Crippen LogP contribution in [0, 0.1) is 5.92 Å². The number of likely N-dealkylation sites (tertiary alicyclic amines) is 1. The lowest BCUT2D eigenvalue weighted by atomic mass is 9.97. The number of benzene rings is 1. The molecule has 0 atom stereocenters. The summed E-state index contributed by atoms with van der Waals surface area (Å²) in [5, 5.41) is 9.22.